The summed E-state index contributed by atoms with van der Waals surface area (Å²) in [6.45, 7) is 0. The molecule has 2 fully saturated rings. The number of carbonyl (C=O) groups is 2. The molecule has 7 heteroatoms. The Balaban J connectivity index is 2.30. The Bertz CT molecular complexity index is 402. The van der Waals surface area contributed by atoms with Crippen molar-refractivity contribution in [1.29, 1.82) is 0 Å². The van der Waals surface area contributed by atoms with Gasteiger partial charge in [-0.15, -0.1) is 0 Å². The quantitative estimate of drug-likeness (QED) is 0.480. The highest BCUT2D eigenvalue weighted by atomic mass is 32.2. The molecule has 3 atom stereocenters. The van der Waals surface area contributed by atoms with Crippen molar-refractivity contribution in [2.75, 3.05) is 11.5 Å². The molecule has 0 saturated carbocycles. The van der Waals surface area contributed by atoms with Gasteiger partial charge in [-0.25, -0.2) is 8.42 Å². The van der Waals surface area contributed by atoms with Crippen molar-refractivity contribution in [2.24, 2.45) is 17.6 Å². The summed E-state index contributed by atoms with van der Waals surface area (Å²) < 4.78 is 22.4. The molecule has 0 bridgehead atoms. The molecular weight excluding hydrogens is 208 g/mol. The lowest BCUT2D eigenvalue weighted by atomic mass is 9.92. The van der Waals surface area contributed by atoms with Crippen molar-refractivity contribution in [2.45, 2.75) is 6.04 Å². The molecule has 0 aliphatic carbocycles. The largest absolute Gasteiger partial charge is 0.369 e. The summed E-state index contributed by atoms with van der Waals surface area (Å²) in [6, 6.07) is -0.426. The van der Waals surface area contributed by atoms with Gasteiger partial charge in [0.1, 0.15) is 5.92 Å². The number of sulfone groups is 1. The van der Waals surface area contributed by atoms with E-state index in [1.807, 2.05) is 0 Å². The van der Waals surface area contributed by atoms with E-state index < -0.39 is 39.5 Å². The van der Waals surface area contributed by atoms with Crippen molar-refractivity contribution in [1.82, 2.24) is 5.32 Å². The van der Waals surface area contributed by atoms with Gasteiger partial charge in [-0.2, -0.15) is 0 Å². The maximum atomic E-state index is 11.2. The van der Waals surface area contributed by atoms with Crippen LogP contribution in [0.3, 0.4) is 0 Å². The van der Waals surface area contributed by atoms with Gasteiger partial charge in [-0.05, 0) is 0 Å². The molecule has 2 aliphatic rings. The Hall–Kier alpha value is -1.11. The minimum Gasteiger partial charge on any atom is -0.369 e. The topological polar surface area (TPSA) is 106 Å². The summed E-state index contributed by atoms with van der Waals surface area (Å²) in [5, 5.41) is 2.48. The van der Waals surface area contributed by atoms with Crippen LogP contribution >= 0.6 is 0 Å². The fraction of sp³-hybridized carbons (Fsp3) is 0.714. The van der Waals surface area contributed by atoms with Crippen LogP contribution in [0.15, 0.2) is 0 Å². The van der Waals surface area contributed by atoms with E-state index in [0.29, 0.717) is 0 Å². The first-order chi connectivity index (χ1) is 6.41. The lowest BCUT2D eigenvalue weighted by Crippen LogP contribution is -2.35. The highest BCUT2D eigenvalue weighted by Crippen LogP contribution is 2.31. The lowest BCUT2D eigenvalue weighted by Gasteiger charge is -2.08. The van der Waals surface area contributed by atoms with Crippen molar-refractivity contribution < 1.29 is 18.0 Å². The number of primary amides is 1. The molecular formula is C7H10N2O4S. The molecule has 14 heavy (non-hydrogen) atoms. The number of amides is 2. The Morgan fingerprint density at radius 1 is 1.43 bits per heavy atom. The van der Waals surface area contributed by atoms with Crippen LogP contribution in [0, 0.1) is 11.8 Å². The van der Waals surface area contributed by atoms with E-state index in [1.54, 1.807) is 0 Å². The molecule has 0 spiro atoms. The Morgan fingerprint density at radius 3 is 2.64 bits per heavy atom. The fourth-order valence-electron chi connectivity index (χ4n) is 2.16. The van der Waals surface area contributed by atoms with Crippen LogP contribution in [0.25, 0.3) is 0 Å². The summed E-state index contributed by atoms with van der Waals surface area (Å²) in [5.41, 5.74) is 5.04. The van der Waals surface area contributed by atoms with Crippen molar-refractivity contribution in [3.63, 3.8) is 0 Å². The summed E-state index contributed by atoms with van der Waals surface area (Å²) in [4.78, 5) is 22.2. The number of fused-ring (bicyclic) bond motifs is 1. The van der Waals surface area contributed by atoms with Gasteiger partial charge in [0.15, 0.2) is 9.84 Å². The molecule has 0 aromatic heterocycles. The van der Waals surface area contributed by atoms with Crippen LogP contribution in [-0.2, 0) is 19.4 Å². The molecule has 2 saturated heterocycles. The molecule has 2 heterocycles. The van der Waals surface area contributed by atoms with Crippen LogP contribution in [0.5, 0.6) is 0 Å². The van der Waals surface area contributed by atoms with Gasteiger partial charge in [0.2, 0.25) is 11.8 Å². The Morgan fingerprint density at radius 2 is 2.07 bits per heavy atom. The van der Waals surface area contributed by atoms with E-state index in [9.17, 15) is 18.0 Å². The first-order valence-corrected chi connectivity index (χ1v) is 6.03. The second-order valence-electron chi connectivity index (χ2n) is 3.74. The molecule has 0 aromatic carbocycles. The zero-order chi connectivity index (χ0) is 10.5. The molecule has 2 amide bonds. The van der Waals surface area contributed by atoms with E-state index in [4.69, 9.17) is 5.73 Å². The Labute approximate surface area is 80.8 Å². The predicted octanol–water partition coefficient (Wildman–Crippen LogP) is -2.37. The molecule has 3 N–H and O–H groups in total. The smallest absolute Gasteiger partial charge is 0.233 e. The van der Waals surface area contributed by atoms with Crippen LogP contribution < -0.4 is 11.1 Å². The molecule has 3 unspecified atom stereocenters. The first-order valence-electron chi connectivity index (χ1n) is 4.21. The highest BCUT2D eigenvalue weighted by Gasteiger charge is 2.52. The average molecular weight is 218 g/mol. The number of rotatable bonds is 1. The monoisotopic (exact) mass is 218 g/mol. The molecule has 0 radical (unpaired) electrons. The lowest BCUT2D eigenvalue weighted by molar-refractivity contribution is -0.132. The number of hydrogen-bond acceptors (Lipinski definition) is 4. The van der Waals surface area contributed by atoms with Gasteiger partial charge in [0.25, 0.3) is 0 Å². The molecule has 0 aromatic rings. The van der Waals surface area contributed by atoms with Gasteiger partial charge >= 0.3 is 0 Å². The predicted molar refractivity (Wildman–Crippen MR) is 46.8 cm³/mol. The number of nitrogens with one attached hydrogen (secondary N) is 1. The molecule has 78 valence electrons. The third-order valence-electron chi connectivity index (χ3n) is 2.74. The van der Waals surface area contributed by atoms with Crippen molar-refractivity contribution >= 4 is 21.7 Å². The zero-order valence-electron chi connectivity index (χ0n) is 7.26. The number of nitrogens with two attached hydrogens (primary N) is 1. The average Bonchev–Trinajstić information content (AvgIpc) is 2.37. The van der Waals surface area contributed by atoms with Crippen LogP contribution in [0.2, 0.25) is 0 Å². The molecule has 6 nitrogen and oxygen atoms in total. The summed E-state index contributed by atoms with van der Waals surface area (Å²) in [7, 11) is -3.12. The maximum Gasteiger partial charge on any atom is 0.233 e. The molecule has 2 aliphatic heterocycles. The SMILES string of the molecule is NC(=O)C1C(=O)NC2CS(=O)(=O)CC21. The maximum absolute atomic E-state index is 11.2. The normalized spacial score (nSPS) is 39.1. The fourth-order valence-corrected chi connectivity index (χ4v) is 4.18. The minimum absolute atomic E-state index is 0.0762. The van der Waals surface area contributed by atoms with E-state index in [1.165, 1.54) is 0 Å². The van der Waals surface area contributed by atoms with Gasteiger partial charge in [0, 0.05) is 12.0 Å². The van der Waals surface area contributed by atoms with Gasteiger partial charge in [-0.1, -0.05) is 0 Å². The summed E-state index contributed by atoms with van der Waals surface area (Å²) in [6.07, 6.45) is 0. The number of carbonyl (C=O) groups excluding carboxylic acids is 2. The van der Waals surface area contributed by atoms with Gasteiger partial charge in [0.05, 0.1) is 11.5 Å². The van der Waals surface area contributed by atoms with E-state index in [0.717, 1.165) is 0 Å². The van der Waals surface area contributed by atoms with Crippen molar-refractivity contribution in [3.05, 3.63) is 0 Å². The summed E-state index contributed by atoms with van der Waals surface area (Å²) in [5.74, 6) is -2.83. The van der Waals surface area contributed by atoms with Gasteiger partial charge < -0.3 is 11.1 Å². The van der Waals surface area contributed by atoms with E-state index >= 15 is 0 Å². The third-order valence-corrected chi connectivity index (χ3v) is 4.50. The van der Waals surface area contributed by atoms with Crippen molar-refractivity contribution in [3.8, 4) is 0 Å². The highest BCUT2D eigenvalue weighted by molar-refractivity contribution is 7.91. The zero-order valence-corrected chi connectivity index (χ0v) is 8.08. The van der Waals surface area contributed by atoms with Crippen LogP contribution in [-0.4, -0.2) is 37.8 Å². The van der Waals surface area contributed by atoms with E-state index in [-0.39, 0.29) is 11.5 Å². The van der Waals surface area contributed by atoms with Crippen LogP contribution in [0.4, 0.5) is 0 Å². The second kappa shape index (κ2) is 2.69. The van der Waals surface area contributed by atoms with Gasteiger partial charge in [-0.3, -0.25) is 9.59 Å². The number of hydrogen-bond donors (Lipinski definition) is 2. The second-order valence-corrected chi connectivity index (χ2v) is 5.89. The third kappa shape index (κ3) is 1.28. The Kier molecular flexibility index (Phi) is 1.82. The van der Waals surface area contributed by atoms with E-state index in [2.05, 4.69) is 5.32 Å². The first kappa shape index (κ1) is 9.45. The standard InChI is InChI=1S/C7H10N2O4S/c8-6(10)5-3-1-14(12,13)2-4(3)9-7(5)11/h3-5H,1-2H2,(H2,8,10)(H,9,11). The minimum atomic E-state index is -3.12. The van der Waals surface area contributed by atoms with Crippen LogP contribution in [0.1, 0.15) is 0 Å². The molecule has 2 rings (SSSR count). The summed E-state index contributed by atoms with van der Waals surface area (Å²) >= 11 is 0.